The minimum absolute atomic E-state index is 0.00770. The molecule has 6 atom stereocenters. The number of unbranched alkanes of at least 4 members (excludes halogenated alkanes) is 3. The third kappa shape index (κ3) is 7.06. The summed E-state index contributed by atoms with van der Waals surface area (Å²) in [6, 6.07) is 7.65. The zero-order valence-corrected chi connectivity index (χ0v) is 23.3. The van der Waals surface area contributed by atoms with E-state index < -0.39 is 0 Å². The molecule has 210 valence electrons. The van der Waals surface area contributed by atoms with Crippen LogP contribution in [0.1, 0.15) is 71.3 Å². The molecule has 4 rings (SSSR count). The van der Waals surface area contributed by atoms with Gasteiger partial charge in [0.25, 0.3) is 0 Å². The molecule has 3 fully saturated rings. The molecule has 1 N–H and O–H groups in total. The Kier molecular flexibility index (Phi) is 9.69. The smallest absolute Gasteiger partial charge is 0.331 e. The lowest BCUT2D eigenvalue weighted by atomic mass is 9.68. The highest BCUT2D eigenvalue weighted by molar-refractivity contribution is 5.87. The fraction of sp³-hybridized carbons (Fsp3) is 0.645. The van der Waals surface area contributed by atoms with Crippen molar-refractivity contribution in [3.8, 4) is 5.75 Å². The number of aliphatic hydroxyl groups is 1. The first kappa shape index (κ1) is 28.8. The molecular weight excluding hydrogens is 484 g/mol. The van der Waals surface area contributed by atoms with E-state index in [9.17, 15) is 4.79 Å². The van der Waals surface area contributed by atoms with Crippen molar-refractivity contribution in [2.45, 2.75) is 95.2 Å². The highest BCUT2D eigenvalue weighted by Gasteiger charge is 2.72. The Labute approximate surface area is 227 Å². The van der Waals surface area contributed by atoms with Gasteiger partial charge in [0, 0.05) is 19.8 Å². The number of carbonyl (C=O) groups excluding carboxylic acids is 1. The predicted octanol–water partition coefficient (Wildman–Crippen LogP) is 5.25. The van der Waals surface area contributed by atoms with Crippen LogP contribution in [0.25, 0.3) is 6.08 Å². The number of rotatable bonds is 14. The first-order valence-corrected chi connectivity index (χ1v) is 14.0. The number of allylic oxidation sites excluding steroid dienone is 1. The summed E-state index contributed by atoms with van der Waals surface area (Å²) in [6.07, 6.45) is 11.2. The minimum atomic E-state index is -0.380. The summed E-state index contributed by atoms with van der Waals surface area (Å²) in [7, 11) is 1.69. The van der Waals surface area contributed by atoms with Gasteiger partial charge in [-0.15, -0.1) is 0 Å². The van der Waals surface area contributed by atoms with Crippen molar-refractivity contribution in [2.75, 3.05) is 26.9 Å². The summed E-state index contributed by atoms with van der Waals surface area (Å²) in [5, 5.41) is 8.83. The van der Waals surface area contributed by atoms with Crippen molar-refractivity contribution in [3.63, 3.8) is 0 Å². The molecule has 1 aliphatic carbocycles. The summed E-state index contributed by atoms with van der Waals surface area (Å²) in [5.74, 6) is 0.431. The molecule has 38 heavy (non-hydrogen) atoms. The Bertz CT molecular complexity index is 976. The van der Waals surface area contributed by atoms with Crippen molar-refractivity contribution in [3.05, 3.63) is 47.6 Å². The number of carbonyl (C=O) groups is 1. The first-order chi connectivity index (χ1) is 18.3. The summed E-state index contributed by atoms with van der Waals surface area (Å²) in [5.41, 5.74) is 1.58. The van der Waals surface area contributed by atoms with E-state index in [4.69, 9.17) is 28.8 Å². The van der Waals surface area contributed by atoms with Crippen molar-refractivity contribution in [1.29, 1.82) is 0 Å². The van der Waals surface area contributed by atoms with E-state index >= 15 is 0 Å². The van der Waals surface area contributed by atoms with E-state index in [1.165, 1.54) is 11.6 Å². The number of methoxy groups -OCH3 is 1. The molecule has 0 radical (unpaired) electrons. The molecular formula is C31H44O7. The van der Waals surface area contributed by atoms with E-state index in [1.54, 1.807) is 13.2 Å². The predicted molar refractivity (Wildman–Crippen MR) is 146 cm³/mol. The molecule has 7 nitrogen and oxygen atoms in total. The molecule has 0 unspecified atom stereocenters. The van der Waals surface area contributed by atoms with E-state index in [0.29, 0.717) is 19.6 Å². The van der Waals surface area contributed by atoms with Crippen LogP contribution in [0.4, 0.5) is 0 Å². The van der Waals surface area contributed by atoms with Gasteiger partial charge in [-0.05, 0) is 83.1 Å². The van der Waals surface area contributed by atoms with Gasteiger partial charge in [-0.1, -0.05) is 30.2 Å². The normalized spacial score (nSPS) is 31.8. The van der Waals surface area contributed by atoms with Gasteiger partial charge in [-0.3, -0.25) is 0 Å². The Morgan fingerprint density at radius 1 is 1.16 bits per heavy atom. The Balaban J connectivity index is 1.30. The van der Waals surface area contributed by atoms with Crippen LogP contribution in [0.3, 0.4) is 0 Å². The molecule has 1 aromatic carbocycles. The zero-order valence-electron chi connectivity index (χ0n) is 23.3. The summed E-state index contributed by atoms with van der Waals surface area (Å²) in [4.78, 5) is 12.8. The molecule has 0 bridgehead atoms. The highest BCUT2D eigenvalue weighted by atomic mass is 16.6. The molecule has 1 spiro atoms. The largest absolute Gasteiger partial charge is 0.494 e. The third-order valence-electron chi connectivity index (χ3n) is 8.12. The second-order valence-corrected chi connectivity index (χ2v) is 11.2. The minimum Gasteiger partial charge on any atom is -0.494 e. The van der Waals surface area contributed by atoms with Gasteiger partial charge in [0.2, 0.25) is 0 Å². The zero-order chi connectivity index (χ0) is 27.2. The fourth-order valence-corrected chi connectivity index (χ4v) is 5.86. The molecule has 2 saturated heterocycles. The van der Waals surface area contributed by atoms with Gasteiger partial charge in [-0.25, -0.2) is 4.79 Å². The lowest BCUT2D eigenvalue weighted by Crippen LogP contribution is -2.55. The maximum atomic E-state index is 12.8. The summed E-state index contributed by atoms with van der Waals surface area (Å²) in [6.45, 7) is 7.94. The van der Waals surface area contributed by atoms with E-state index in [-0.39, 0.29) is 48.0 Å². The van der Waals surface area contributed by atoms with Crippen molar-refractivity contribution in [1.82, 2.24) is 0 Å². The number of aliphatic hydroxyl groups excluding tert-OH is 1. The second kappa shape index (κ2) is 12.8. The maximum Gasteiger partial charge on any atom is 0.331 e. The van der Waals surface area contributed by atoms with Crippen LogP contribution in [-0.4, -0.2) is 67.5 Å². The Hall–Kier alpha value is -2.19. The van der Waals surface area contributed by atoms with Crippen LogP contribution in [0.2, 0.25) is 0 Å². The molecule has 1 saturated carbocycles. The van der Waals surface area contributed by atoms with Gasteiger partial charge < -0.3 is 28.8 Å². The van der Waals surface area contributed by atoms with Gasteiger partial charge >= 0.3 is 5.97 Å². The van der Waals surface area contributed by atoms with E-state index in [0.717, 1.165) is 49.8 Å². The van der Waals surface area contributed by atoms with Gasteiger partial charge in [-0.2, -0.15) is 0 Å². The standard InChI is InChI=1S/C31H44O7/c1-22(2)9-15-26-30(3,38-26)29-28(34-4)25(17-18-31(29)21-36-31)37-27(33)16-12-23-10-13-24(14-11-23)35-20-8-6-5-7-19-32/h9-14,16,25-26,28-29,32H,5-8,15,17-21H2,1-4H3/b16-12+/t25-,26-,28-,29-,30+,31+/m1/s1. The summed E-state index contributed by atoms with van der Waals surface area (Å²) >= 11 is 0. The number of esters is 1. The van der Waals surface area contributed by atoms with E-state index in [2.05, 4.69) is 26.8 Å². The third-order valence-corrected chi connectivity index (χ3v) is 8.12. The molecule has 0 amide bonds. The molecule has 1 aromatic rings. The number of epoxide rings is 2. The second-order valence-electron chi connectivity index (χ2n) is 11.2. The molecule has 2 aliphatic heterocycles. The molecule has 0 aromatic heterocycles. The van der Waals surface area contributed by atoms with Crippen LogP contribution in [-0.2, 0) is 23.7 Å². The SMILES string of the molecule is CO[C@@H]1[C@H](OC(=O)/C=C/c2ccc(OCCCCCCO)cc2)CC[C@]2(CO2)[C@H]1[C@@]1(C)O[C@@H]1CC=C(C)C. The first-order valence-electron chi connectivity index (χ1n) is 14.0. The number of hydrogen-bond acceptors (Lipinski definition) is 7. The van der Waals surface area contributed by atoms with Crippen molar-refractivity contribution >= 4 is 12.0 Å². The van der Waals surface area contributed by atoms with Crippen LogP contribution in [0, 0.1) is 5.92 Å². The topological polar surface area (TPSA) is 90.1 Å². The molecule has 7 heteroatoms. The van der Waals surface area contributed by atoms with Crippen LogP contribution < -0.4 is 4.74 Å². The average molecular weight is 529 g/mol. The van der Waals surface area contributed by atoms with Crippen LogP contribution in [0.15, 0.2) is 42.0 Å². The lowest BCUT2D eigenvalue weighted by Gasteiger charge is -2.42. The maximum absolute atomic E-state index is 12.8. The molecule has 2 heterocycles. The molecule has 3 aliphatic rings. The van der Waals surface area contributed by atoms with Crippen molar-refractivity contribution < 1.29 is 33.6 Å². The van der Waals surface area contributed by atoms with Gasteiger partial charge in [0.1, 0.15) is 29.2 Å². The van der Waals surface area contributed by atoms with Crippen LogP contribution >= 0.6 is 0 Å². The van der Waals surface area contributed by atoms with Crippen LogP contribution in [0.5, 0.6) is 5.75 Å². The number of ether oxygens (including phenoxy) is 5. The van der Waals surface area contributed by atoms with Gasteiger partial charge in [0.15, 0.2) is 0 Å². The van der Waals surface area contributed by atoms with E-state index in [1.807, 2.05) is 24.3 Å². The summed E-state index contributed by atoms with van der Waals surface area (Å²) < 4.78 is 29.9. The monoisotopic (exact) mass is 528 g/mol. The lowest BCUT2D eigenvalue weighted by molar-refractivity contribution is -0.166. The highest BCUT2D eigenvalue weighted by Crippen LogP contribution is 2.59. The Morgan fingerprint density at radius 3 is 2.55 bits per heavy atom. The number of hydrogen-bond donors (Lipinski definition) is 1. The number of benzene rings is 1. The van der Waals surface area contributed by atoms with Gasteiger partial charge in [0.05, 0.1) is 25.2 Å². The average Bonchev–Trinajstić information content (AvgIpc) is 3.82. The fourth-order valence-electron chi connectivity index (χ4n) is 5.86. The quantitative estimate of drug-likeness (QED) is 0.116. The Morgan fingerprint density at radius 2 is 1.89 bits per heavy atom. The van der Waals surface area contributed by atoms with Crippen molar-refractivity contribution in [2.24, 2.45) is 5.92 Å².